The molecule has 1 saturated carbocycles. The topological polar surface area (TPSA) is 60.9 Å². The first-order chi connectivity index (χ1) is 12.4. The van der Waals surface area contributed by atoms with Crippen LogP contribution in [-0.4, -0.2) is 80.5 Å². The lowest BCUT2D eigenvalue weighted by molar-refractivity contribution is -0.136. The molecule has 0 N–H and O–H groups in total. The smallest absolute Gasteiger partial charge is 0.225 e. The Morgan fingerprint density at radius 3 is 2.31 bits per heavy atom. The van der Waals surface area contributed by atoms with Crippen LogP contribution in [0.25, 0.3) is 0 Å². The van der Waals surface area contributed by atoms with Gasteiger partial charge in [-0.2, -0.15) is 0 Å². The number of carbonyl (C=O) groups is 1. The molecule has 150 valence electrons. The SMILES string of the molecule is CN1CCC(CN(C)S(=O)(=O)[C@H]2CCCN(C(=O)C3CCCC3)C2)CC1. The van der Waals surface area contributed by atoms with E-state index in [1.54, 1.807) is 11.4 Å². The summed E-state index contributed by atoms with van der Waals surface area (Å²) >= 11 is 0. The summed E-state index contributed by atoms with van der Waals surface area (Å²) in [6.07, 6.45) is 7.81. The molecule has 3 rings (SSSR count). The number of hydrogen-bond donors (Lipinski definition) is 0. The van der Waals surface area contributed by atoms with Crippen molar-refractivity contribution < 1.29 is 13.2 Å². The van der Waals surface area contributed by atoms with E-state index in [0.29, 0.717) is 25.4 Å². The van der Waals surface area contributed by atoms with E-state index in [-0.39, 0.29) is 11.8 Å². The van der Waals surface area contributed by atoms with Gasteiger partial charge in [-0.15, -0.1) is 0 Å². The number of sulfonamides is 1. The Morgan fingerprint density at radius 2 is 1.65 bits per heavy atom. The minimum Gasteiger partial charge on any atom is -0.341 e. The largest absolute Gasteiger partial charge is 0.341 e. The Morgan fingerprint density at radius 1 is 1.00 bits per heavy atom. The van der Waals surface area contributed by atoms with Gasteiger partial charge in [0.2, 0.25) is 15.9 Å². The van der Waals surface area contributed by atoms with Gasteiger partial charge in [0, 0.05) is 32.6 Å². The van der Waals surface area contributed by atoms with Gasteiger partial charge in [0.05, 0.1) is 5.25 Å². The molecule has 0 aromatic heterocycles. The van der Waals surface area contributed by atoms with Crippen molar-refractivity contribution in [1.29, 1.82) is 0 Å². The fourth-order valence-corrected chi connectivity index (χ4v) is 6.54. The average molecular weight is 386 g/mol. The maximum absolute atomic E-state index is 13.1. The summed E-state index contributed by atoms with van der Waals surface area (Å²) in [5.74, 6) is 0.777. The lowest BCUT2D eigenvalue weighted by atomic mass is 9.97. The molecule has 0 spiro atoms. The Hall–Kier alpha value is -0.660. The van der Waals surface area contributed by atoms with Crippen LogP contribution in [0.4, 0.5) is 0 Å². The highest BCUT2D eigenvalue weighted by Gasteiger charge is 2.38. The quantitative estimate of drug-likeness (QED) is 0.724. The fourth-order valence-electron chi connectivity index (χ4n) is 4.78. The zero-order valence-corrected chi connectivity index (χ0v) is 17.2. The number of carbonyl (C=O) groups excluding carboxylic acids is 1. The van der Waals surface area contributed by atoms with Crippen molar-refractivity contribution in [3.05, 3.63) is 0 Å². The second-order valence-corrected chi connectivity index (χ2v) is 10.9. The minimum atomic E-state index is -3.34. The van der Waals surface area contributed by atoms with E-state index in [9.17, 15) is 13.2 Å². The second-order valence-electron chi connectivity index (χ2n) is 8.60. The highest BCUT2D eigenvalue weighted by molar-refractivity contribution is 7.89. The van der Waals surface area contributed by atoms with Crippen molar-refractivity contribution in [2.24, 2.45) is 11.8 Å². The summed E-state index contributed by atoms with van der Waals surface area (Å²) in [5.41, 5.74) is 0. The van der Waals surface area contributed by atoms with Crippen LogP contribution in [0, 0.1) is 11.8 Å². The first-order valence-corrected chi connectivity index (χ1v) is 11.8. The summed E-state index contributed by atoms with van der Waals surface area (Å²) in [5, 5.41) is -0.433. The van der Waals surface area contributed by atoms with E-state index >= 15 is 0 Å². The van der Waals surface area contributed by atoms with Crippen molar-refractivity contribution in [2.75, 3.05) is 46.8 Å². The van der Waals surface area contributed by atoms with Crippen molar-refractivity contribution in [3.8, 4) is 0 Å². The molecule has 1 amide bonds. The second kappa shape index (κ2) is 8.57. The van der Waals surface area contributed by atoms with Crippen molar-refractivity contribution in [1.82, 2.24) is 14.1 Å². The first-order valence-electron chi connectivity index (χ1n) is 10.3. The molecule has 2 aliphatic heterocycles. The summed E-state index contributed by atoms with van der Waals surface area (Å²) < 4.78 is 27.8. The van der Waals surface area contributed by atoms with Crippen LogP contribution in [-0.2, 0) is 14.8 Å². The number of nitrogens with zero attached hydrogens (tertiary/aromatic N) is 3. The summed E-state index contributed by atoms with van der Waals surface area (Å²) in [6, 6.07) is 0. The average Bonchev–Trinajstić information content (AvgIpc) is 3.17. The summed E-state index contributed by atoms with van der Waals surface area (Å²) in [7, 11) is 0.508. The Balaban J connectivity index is 1.57. The molecule has 0 unspecified atom stereocenters. The molecular formula is C19H35N3O3S. The third kappa shape index (κ3) is 4.60. The zero-order valence-electron chi connectivity index (χ0n) is 16.4. The highest BCUT2D eigenvalue weighted by Crippen LogP contribution is 2.29. The molecule has 1 aliphatic carbocycles. The summed E-state index contributed by atoms with van der Waals surface area (Å²) in [6.45, 7) is 3.82. The monoisotopic (exact) mass is 385 g/mol. The van der Waals surface area contributed by atoms with Gasteiger partial charge in [-0.25, -0.2) is 12.7 Å². The lowest BCUT2D eigenvalue weighted by Gasteiger charge is -2.37. The van der Waals surface area contributed by atoms with Crippen LogP contribution in [0.3, 0.4) is 0 Å². The van der Waals surface area contributed by atoms with Gasteiger partial charge in [0.25, 0.3) is 0 Å². The molecule has 2 heterocycles. The molecular weight excluding hydrogens is 350 g/mol. The molecule has 7 heteroatoms. The van der Waals surface area contributed by atoms with E-state index in [2.05, 4.69) is 11.9 Å². The number of rotatable bonds is 5. The number of amides is 1. The zero-order chi connectivity index (χ0) is 18.7. The van der Waals surface area contributed by atoms with Gasteiger partial charge in [0.1, 0.15) is 0 Å². The van der Waals surface area contributed by atoms with Gasteiger partial charge in [-0.3, -0.25) is 4.79 Å². The molecule has 2 saturated heterocycles. The van der Waals surface area contributed by atoms with Gasteiger partial charge in [-0.05, 0) is 64.6 Å². The standard InChI is InChI=1S/C19H35N3O3S/c1-20-12-9-16(10-13-20)14-21(2)26(24,25)18-8-5-11-22(15-18)19(23)17-6-3-4-7-17/h16-18H,3-15H2,1-2H3/t18-/m0/s1. The van der Waals surface area contributed by atoms with E-state index in [1.807, 2.05) is 4.90 Å². The van der Waals surface area contributed by atoms with Crippen LogP contribution in [0.2, 0.25) is 0 Å². The van der Waals surface area contributed by atoms with E-state index in [4.69, 9.17) is 0 Å². The van der Waals surface area contributed by atoms with Crippen LogP contribution in [0.5, 0.6) is 0 Å². The maximum atomic E-state index is 13.1. The van der Waals surface area contributed by atoms with E-state index in [0.717, 1.165) is 64.6 Å². The third-order valence-corrected chi connectivity index (χ3v) is 8.85. The third-order valence-electron chi connectivity index (χ3n) is 6.60. The van der Waals surface area contributed by atoms with Crippen molar-refractivity contribution >= 4 is 15.9 Å². The lowest BCUT2D eigenvalue weighted by Crippen LogP contribution is -2.50. The van der Waals surface area contributed by atoms with Crippen LogP contribution in [0.1, 0.15) is 51.4 Å². The molecule has 3 fully saturated rings. The normalized spacial score (nSPS) is 27.3. The number of likely N-dealkylation sites (tertiary alicyclic amines) is 2. The fraction of sp³-hybridized carbons (Fsp3) is 0.947. The van der Waals surface area contributed by atoms with Gasteiger partial charge < -0.3 is 9.80 Å². The highest BCUT2D eigenvalue weighted by atomic mass is 32.2. The predicted octanol–water partition coefficient (Wildman–Crippen LogP) is 1.77. The molecule has 26 heavy (non-hydrogen) atoms. The molecule has 0 radical (unpaired) electrons. The molecule has 1 atom stereocenters. The number of hydrogen-bond acceptors (Lipinski definition) is 4. The van der Waals surface area contributed by atoms with Crippen LogP contribution < -0.4 is 0 Å². The molecule has 0 bridgehead atoms. The minimum absolute atomic E-state index is 0.133. The van der Waals surface area contributed by atoms with Crippen molar-refractivity contribution in [3.63, 3.8) is 0 Å². The van der Waals surface area contributed by atoms with Gasteiger partial charge >= 0.3 is 0 Å². The van der Waals surface area contributed by atoms with Crippen molar-refractivity contribution in [2.45, 2.75) is 56.6 Å². The first kappa shape index (κ1) is 20.1. The van der Waals surface area contributed by atoms with Crippen LogP contribution in [0.15, 0.2) is 0 Å². The Labute approximate surface area is 158 Å². The van der Waals surface area contributed by atoms with Gasteiger partial charge in [0.15, 0.2) is 0 Å². The maximum Gasteiger partial charge on any atom is 0.225 e. The molecule has 3 aliphatic rings. The molecule has 0 aromatic rings. The molecule has 0 aromatic carbocycles. The van der Waals surface area contributed by atoms with E-state index in [1.165, 1.54) is 0 Å². The van der Waals surface area contributed by atoms with E-state index < -0.39 is 15.3 Å². The Bertz CT molecular complexity index is 581. The van der Waals surface area contributed by atoms with Gasteiger partial charge in [-0.1, -0.05) is 12.8 Å². The predicted molar refractivity (Wildman–Crippen MR) is 103 cm³/mol. The summed E-state index contributed by atoms with van der Waals surface area (Å²) in [4.78, 5) is 16.8. The van der Waals surface area contributed by atoms with Crippen LogP contribution >= 0.6 is 0 Å². The number of piperidine rings is 2. The Kier molecular flexibility index (Phi) is 6.62. The molecule has 6 nitrogen and oxygen atoms in total.